The zero-order valence-electron chi connectivity index (χ0n) is 6.67. The number of rotatable bonds is 4. The average Bonchev–Trinajstić information content (AvgIpc) is 2.65. The van der Waals surface area contributed by atoms with E-state index in [0.29, 0.717) is 0 Å². The lowest BCUT2D eigenvalue weighted by Crippen LogP contribution is -2.34. The van der Waals surface area contributed by atoms with E-state index >= 15 is 0 Å². The minimum absolute atomic E-state index is 0.269. The molecule has 0 atom stereocenters. The lowest BCUT2D eigenvalue weighted by atomic mass is 10.1. The fraction of sp³-hybridized carbons (Fsp3) is 0.500. The first-order valence-electron chi connectivity index (χ1n) is 3.43. The number of hydrogen-bond acceptors (Lipinski definition) is 7. The first-order chi connectivity index (χ1) is 6.16. The van der Waals surface area contributed by atoms with Crippen LogP contribution >= 0.6 is 23.3 Å². The molecule has 7 heteroatoms. The zero-order chi connectivity index (χ0) is 9.90. The quantitative estimate of drug-likeness (QED) is 0.502. The van der Waals surface area contributed by atoms with E-state index in [0.717, 1.165) is 27.5 Å². The summed E-state index contributed by atoms with van der Waals surface area (Å²) in [5, 5.41) is 32.8. The molecule has 0 aliphatic rings. The standard InChI is InChI=1S/C6H10N2O3S2/c7-13-4-1-8-5(12-4)6(11,2-9)3-10/h1,9-11H,2-3,7H2. The molecule has 0 unspecified atom stereocenters. The molecule has 0 aliphatic heterocycles. The summed E-state index contributed by atoms with van der Waals surface area (Å²) in [6.45, 7) is -1.13. The van der Waals surface area contributed by atoms with Crippen LogP contribution in [0.3, 0.4) is 0 Å². The molecule has 1 aromatic heterocycles. The molecule has 13 heavy (non-hydrogen) atoms. The Hall–Kier alpha value is -0.180. The van der Waals surface area contributed by atoms with Crippen LogP contribution in [0.4, 0.5) is 0 Å². The van der Waals surface area contributed by atoms with Crippen molar-refractivity contribution in [3.8, 4) is 0 Å². The van der Waals surface area contributed by atoms with Crippen LogP contribution < -0.4 is 5.14 Å². The van der Waals surface area contributed by atoms with E-state index in [1.807, 2.05) is 0 Å². The van der Waals surface area contributed by atoms with Gasteiger partial charge in [0.15, 0.2) is 5.60 Å². The SMILES string of the molecule is NSc1cnc(C(O)(CO)CO)s1. The summed E-state index contributed by atoms with van der Waals surface area (Å²) >= 11 is 2.15. The van der Waals surface area contributed by atoms with Crippen LogP contribution in [0.2, 0.25) is 0 Å². The molecule has 74 valence electrons. The smallest absolute Gasteiger partial charge is 0.162 e. The van der Waals surface area contributed by atoms with Crippen LogP contribution in [-0.2, 0) is 5.60 Å². The van der Waals surface area contributed by atoms with E-state index in [1.54, 1.807) is 0 Å². The number of thiazole rings is 1. The van der Waals surface area contributed by atoms with Crippen LogP contribution in [0, 0.1) is 0 Å². The molecule has 0 fully saturated rings. The Labute approximate surface area is 83.4 Å². The number of nitrogens with two attached hydrogens (primary N) is 1. The van der Waals surface area contributed by atoms with Gasteiger partial charge in [-0.15, -0.1) is 11.3 Å². The van der Waals surface area contributed by atoms with E-state index in [-0.39, 0.29) is 5.01 Å². The lowest BCUT2D eigenvalue weighted by molar-refractivity contribution is -0.0599. The maximum absolute atomic E-state index is 9.61. The highest BCUT2D eigenvalue weighted by Crippen LogP contribution is 2.28. The predicted octanol–water partition coefficient (Wildman–Crippen LogP) is -0.719. The van der Waals surface area contributed by atoms with Gasteiger partial charge in [-0.1, -0.05) is 0 Å². The molecule has 0 radical (unpaired) electrons. The molecule has 5 N–H and O–H groups in total. The first kappa shape index (κ1) is 10.9. The summed E-state index contributed by atoms with van der Waals surface area (Å²) in [6.07, 6.45) is 1.49. The maximum Gasteiger partial charge on any atom is 0.162 e. The van der Waals surface area contributed by atoms with Gasteiger partial charge < -0.3 is 15.3 Å². The predicted molar refractivity (Wildman–Crippen MR) is 50.2 cm³/mol. The fourth-order valence-corrected chi connectivity index (χ4v) is 1.98. The highest BCUT2D eigenvalue weighted by Gasteiger charge is 2.31. The van der Waals surface area contributed by atoms with Crippen molar-refractivity contribution in [1.82, 2.24) is 4.98 Å². The van der Waals surface area contributed by atoms with E-state index < -0.39 is 18.8 Å². The largest absolute Gasteiger partial charge is 0.393 e. The lowest BCUT2D eigenvalue weighted by Gasteiger charge is -2.19. The van der Waals surface area contributed by atoms with Crippen molar-refractivity contribution >= 4 is 23.3 Å². The van der Waals surface area contributed by atoms with Gasteiger partial charge in [0.05, 0.1) is 23.6 Å². The second kappa shape index (κ2) is 4.36. The third-order valence-corrected chi connectivity index (χ3v) is 3.38. The molecule has 0 aliphatic carbocycles. The van der Waals surface area contributed by atoms with Crippen LogP contribution in [0.5, 0.6) is 0 Å². The van der Waals surface area contributed by atoms with Crippen molar-refractivity contribution in [1.29, 1.82) is 0 Å². The van der Waals surface area contributed by atoms with E-state index in [4.69, 9.17) is 15.4 Å². The van der Waals surface area contributed by atoms with Crippen LogP contribution in [0.1, 0.15) is 5.01 Å². The normalized spacial score (nSPS) is 12.0. The summed E-state index contributed by atoms with van der Waals surface area (Å²) in [4.78, 5) is 3.85. The zero-order valence-corrected chi connectivity index (χ0v) is 8.31. The second-order valence-electron chi connectivity index (χ2n) is 2.45. The Morgan fingerprint density at radius 2 is 2.15 bits per heavy atom. The molecule has 5 nitrogen and oxygen atoms in total. The Morgan fingerprint density at radius 3 is 2.54 bits per heavy atom. The first-order valence-corrected chi connectivity index (χ1v) is 5.13. The summed E-state index contributed by atoms with van der Waals surface area (Å²) in [5.74, 6) is 0. The molecule has 0 saturated heterocycles. The molecule has 0 bridgehead atoms. The van der Waals surface area contributed by atoms with Gasteiger partial charge in [0.25, 0.3) is 0 Å². The van der Waals surface area contributed by atoms with Gasteiger partial charge in [0, 0.05) is 0 Å². The number of aliphatic hydroxyl groups is 3. The number of nitrogens with zero attached hydrogens (tertiary/aromatic N) is 1. The van der Waals surface area contributed by atoms with Gasteiger partial charge in [-0.2, -0.15) is 0 Å². The van der Waals surface area contributed by atoms with Crippen LogP contribution in [-0.4, -0.2) is 33.5 Å². The number of aromatic nitrogens is 1. The average molecular weight is 222 g/mol. The van der Waals surface area contributed by atoms with Gasteiger partial charge in [-0.05, 0) is 11.9 Å². The Bertz CT molecular complexity index is 275. The Morgan fingerprint density at radius 1 is 1.54 bits per heavy atom. The molecular formula is C6H10N2O3S2. The van der Waals surface area contributed by atoms with Crippen molar-refractivity contribution in [2.75, 3.05) is 13.2 Å². The molecular weight excluding hydrogens is 212 g/mol. The molecule has 0 amide bonds. The number of hydrogen-bond donors (Lipinski definition) is 4. The van der Waals surface area contributed by atoms with Crippen molar-refractivity contribution in [2.45, 2.75) is 9.81 Å². The monoisotopic (exact) mass is 222 g/mol. The summed E-state index contributed by atoms with van der Waals surface area (Å²) in [6, 6.07) is 0. The summed E-state index contributed by atoms with van der Waals surface area (Å²) in [5.41, 5.74) is -1.65. The highest BCUT2D eigenvalue weighted by atomic mass is 32.2. The van der Waals surface area contributed by atoms with Gasteiger partial charge in [-0.25, -0.2) is 4.98 Å². The van der Waals surface area contributed by atoms with Gasteiger partial charge in [0.1, 0.15) is 5.01 Å². The minimum atomic E-state index is -1.65. The third kappa shape index (κ3) is 2.19. The molecule has 0 aromatic carbocycles. The van der Waals surface area contributed by atoms with E-state index in [2.05, 4.69) is 4.98 Å². The summed E-state index contributed by atoms with van der Waals surface area (Å²) < 4.78 is 0.718. The van der Waals surface area contributed by atoms with E-state index in [1.165, 1.54) is 6.20 Å². The molecule has 1 heterocycles. The van der Waals surface area contributed by atoms with Crippen LogP contribution in [0.25, 0.3) is 0 Å². The maximum atomic E-state index is 9.61. The molecule has 1 aromatic rings. The van der Waals surface area contributed by atoms with Crippen molar-refractivity contribution in [3.05, 3.63) is 11.2 Å². The molecule has 1 rings (SSSR count). The van der Waals surface area contributed by atoms with Gasteiger partial charge in [-0.3, -0.25) is 5.14 Å². The van der Waals surface area contributed by atoms with Crippen molar-refractivity contribution in [2.24, 2.45) is 5.14 Å². The Kier molecular flexibility index (Phi) is 3.65. The summed E-state index contributed by atoms with van der Waals surface area (Å²) in [7, 11) is 0. The third-order valence-electron chi connectivity index (χ3n) is 1.52. The van der Waals surface area contributed by atoms with Crippen molar-refractivity contribution in [3.63, 3.8) is 0 Å². The Balaban J connectivity index is 2.91. The topological polar surface area (TPSA) is 99.6 Å². The fourth-order valence-electron chi connectivity index (χ4n) is 0.714. The van der Waals surface area contributed by atoms with E-state index in [9.17, 15) is 5.11 Å². The molecule has 0 saturated carbocycles. The van der Waals surface area contributed by atoms with Crippen LogP contribution in [0.15, 0.2) is 10.4 Å². The highest BCUT2D eigenvalue weighted by molar-refractivity contribution is 7.99. The van der Waals surface area contributed by atoms with Gasteiger partial charge in [0.2, 0.25) is 0 Å². The minimum Gasteiger partial charge on any atom is -0.393 e. The molecule has 0 spiro atoms. The van der Waals surface area contributed by atoms with Gasteiger partial charge >= 0.3 is 0 Å². The number of aliphatic hydroxyl groups excluding tert-OH is 2. The van der Waals surface area contributed by atoms with Crippen molar-refractivity contribution < 1.29 is 15.3 Å². The second-order valence-corrected chi connectivity index (χ2v) is 4.41.